The summed E-state index contributed by atoms with van der Waals surface area (Å²) in [6, 6.07) is 6.45. The molecular weight excluding hydrogens is 326 g/mol. The zero-order chi connectivity index (χ0) is 18.7. The lowest BCUT2D eigenvalue weighted by Crippen LogP contribution is -2.57. The van der Waals surface area contributed by atoms with Gasteiger partial charge in [0.1, 0.15) is 6.54 Å². The first-order valence-electron chi connectivity index (χ1n) is 9.88. The van der Waals surface area contributed by atoms with Crippen molar-refractivity contribution >= 4 is 11.9 Å². The first-order chi connectivity index (χ1) is 12.5. The van der Waals surface area contributed by atoms with Crippen LogP contribution in [0.15, 0.2) is 18.2 Å². The molecule has 2 aliphatic rings. The molecule has 1 aromatic rings. The summed E-state index contributed by atoms with van der Waals surface area (Å²) in [7, 11) is 0. The van der Waals surface area contributed by atoms with Crippen LogP contribution in [0.1, 0.15) is 61.8 Å². The predicted octanol–water partition coefficient (Wildman–Crippen LogP) is 3.55. The van der Waals surface area contributed by atoms with Crippen molar-refractivity contribution in [3.8, 4) is 0 Å². The van der Waals surface area contributed by atoms with Crippen molar-refractivity contribution in [2.24, 2.45) is 0 Å². The van der Waals surface area contributed by atoms with Gasteiger partial charge in [0.15, 0.2) is 0 Å². The number of carbonyl (C=O) groups excluding carboxylic acids is 2. The third-order valence-corrected chi connectivity index (χ3v) is 5.80. The third-order valence-electron chi connectivity index (χ3n) is 5.80. The van der Waals surface area contributed by atoms with Gasteiger partial charge in [0.2, 0.25) is 5.91 Å². The molecule has 3 rings (SSSR count). The minimum Gasteiger partial charge on any atom is -0.336 e. The largest absolute Gasteiger partial charge is 0.336 e. The van der Waals surface area contributed by atoms with Gasteiger partial charge >= 0.3 is 6.03 Å². The Balaban J connectivity index is 1.57. The second kappa shape index (κ2) is 8.11. The number of hydrogen-bond acceptors (Lipinski definition) is 2. The van der Waals surface area contributed by atoms with Crippen molar-refractivity contribution < 1.29 is 9.59 Å². The maximum Gasteiger partial charge on any atom is 0.318 e. The average molecular weight is 357 g/mol. The van der Waals surface area contributed by atoms with E-state index in [1.165, 1.54) is 30.4 Å². The van der Waals surface area contributed by atoms with E-state index in [-0.39, 0.29) is 24.5 Å². The van der Waals surface area contributed by atoms with E-state index in [2.05, 4.69) is 37.4 Å². The topological polar surface area (TPSA) is 52.7 Å². The molecular formula is C21H31N3O2. The smallest absolute Gasteiger partial charge is 0.318 e. The quantitative estimate of drug-likeness (QED) is 0.899. The summed E-state index contributed by atoms with van der Waals surface area (Å²) in [5, 5.41) is 3.07. The van der Waals surface area contributed by atoms with Crippen molar-refractivity contribution in [1.29, 1.82) is 0 Å². The van der Waals surface area contributed by atoms with E-state index in [0.29, 0.717) is 19.1 Å². The summed E-state index contributed by atoms with van der Waals surface area (Å²) in [5.74, 6) is 0.0951. The average Bonchev–Trinajstić information content (AvgIpc) is 2.64. The summed E-state index contributed by atoms with van der Waals surface area (Å²) in [6.07, 6.45) is 5.94. The molecule has 5 nitrogen and oxygen atoms in total. The highest BCUT2D eigenvalue weighted by atomic mass is 16.2. The summed E-state index contributed by atoms with van der Waals surface area (Å²) in [4.78, 5) is 28.9. The number of benzene rings is 1. The summed E-state index contributed by atoms with van der Waals surface area (Å²) in [5.41, 5.74) is 3.48. The summed E-state index contributed by atoms with van der Waals surface area (Å²) in [6.45, 7) is 7.59. The van der Waals surface area contributed by atoms with Crippen molar-refractivity contribution in [1.82, 2.24) is 15.1 Å². The Morgan fingerprint density at radius 1 is 1.15 bits per heavy atom. The Hall–Kier alpha value is -2.04. The molecule has 1 N–H and O–H groups in total. The molecule has 1 saturated carbocycles. The number of aryl methyl sites for hydroxylation is 2. The monoisotopic (exact) mass is 357 g/mol. The molecule has 0 bridgehead atoms. The van der Waals surface area contributed by atoms with Crippen molar-refractivity contribution in [2.45, 2.75) is 65.0 Å². The number of piperazine rings is 1. The molecule has 1 aliphatic heterocycles. The van der Waals surface area contributed by atoms with Crippen LogP contribution >= 0.6 is 0 Å². The van der Waals surface area contributed by atoms with Crippen LogP contribution in [0.3, 0.4) is 0 Å². The van der Waals surface area contributed by atoms with Crippen LogP contribution in [0, 0.1) is 13.8 Å². The van der Waals surface area contributed by atoms with Gasteiger partial charge in [0, 0.05) is 19.1 Å². The molecule has 1 saturated heterocycles. The van der Waals surface area contributed by atoms with Gasteiger partial charge in [-0.3, -0.25) is 4.79 Å². The van der Waals surface area contributed by atoms with Crippen LogP contribution in [-0.4, -0.2) is 47.4 Å². The van der Waals surface area contributed by atoms with Crippen molar-refractivity contribution in [3.05, 3.63) is 34.9 Å². The highest BCUT2D eigenvalue weighted by Crippen LogP contribution is 2.24. The molecule has 1 atom stereocenters. The Morgan fingerprint density at radius 2 is 1.88 bits per heavy atom. The number of urea groups is 1. The third kappa shape index (κ3) is 4.19. The van der Waals surface area contributed by atoms with Gasteiger partial charge in [-0.25, -0.2) is 4.79 Å². The molecule has 26 heavy (non-hydrogen) atoms. The zero-order valence-electron chi connectivity index (χ0n) is 16.3. The van der Waals surface area contributed by atoms with E-state index in [4.69, 9.17) is 0 Å². The van der Waals surface area contributed by atoms with Crippen molar-refractivity contribution in [3.63, 3.8) is 0 Å². The number of rotatable bonds is 3. The van der Waals surface area contributed by atoms with Gasteiger partial charge in [-0.2, -0.15) is 0 Å². The Labute approximate surface area is 156 Å². The fourth-order valence-electron chi connectivity index (χ4n) is 4.22. The van der Waals surface area contributed by atoms with Crippen LogP contribution < -0.4 is 5.32 Å². The van der Waals surface area contributed by atoms with E-state index < -0.39 is 0 Å². The number of carbonyl (C=O) groups is 2. The molecule has 3 amide bonds. The van der Waals surface area contributed by atoms with E-state index in [9.17, 15) is 9.59 Å². The molecule has 0 radical (unpaired) electrons. The molecule has 1 unspecified atom stereocenters. The van der Waals surface area contributed by atoms with Crippen LogP contribution in [0.4, 0.5) is 4.79 Å². The number of nitrogens with zero attached hydrogens (tertiary/aromatic N) is 2. The van der Waals surface area contributed by atoms with Gasteiger partial charge in [-0.05, 0) is 44.7 Å². The lowest BCUT2D eigenvalue weighted by molar-refractivity contribution is -0.138. The molecule has 5 heteroatoms. The highest BCUT2D eigenvalue weighted by molar-refractivity contribution is 5.85. The zero-order valence-corrected chi connectivity index (χ0v) is 16.3. The molecule has 142 valence electrons. The molecule has 0 spiro atoms. The molecule has 2 fully saturated rings. The maximum atomic E-state index is 12.7. The van der Waals surface area contributed by atoms with Gasteiger partial charge in [-0.15, -0.1) is 0 Å². The molecule has 1 aliphatic carbocycles. The minimum absolute atomic E-state index is 0.0751. The van der Waals surface area contributed by atoms with Gasteiger partial charge in [-0.1, -0.05) is 43.0 Å². The number of amides is 3. The first kappa shape index (κ1) is 18.7. The SMILES string of the molecule is Cc1ccc(C)c(C(C)NC(=O)N2CCN(C3CCCCC3)C(=O)C2)c1. The second-order valence-electron chi connectivity index (χ2n) is 7.83. The first-order valence-corrected chi connectivity index (χ1v) is 9.88. The van der Waals surface area contributed by atoms with Gasteiger partial charge in [0.25, 0.3) is 0 Å². The van der Waals surface area contributed by atoms with E-state index >= 15 is 0 Å². The molecule has 1 heterocycles. The predicted molar refractivity (Wildman–Crippen MR) is 103 cm³/mol. The normalized spacial score (nSPS) is 20.2. The number of hydrogen-bond donors (Lipinski definition) is 1. The fourth-order valence-corrected chi connectivity index (χ4v) is 4.22. The molecule has 0 aromatic heterocycles. The van der Waals surface area contributed by atoms with E-state index in [1.54, 1.807) is 4.90 Å². The summed E-state index contributed by atoms with van der Waals surface area (Å²) < 4.78 is 0. The summed E-state index contributed by atoms with van der Waals surface area (Å²) >= 11 is 0. The van der Waals surface area contributed by atoms with Crippen LogP contribution in [0.2, 0.25) is 0 Å². The van der Waals surface area contributed by atoms with Crippen LogP contribution in [0.5, 0.6) is 0 Å². The lowest BCUT2D eigenvalue weighted by Gasteiger charge is -2.40. The standard InChI is InChI=1S/C21H31N3O2/c1-15-9-10-16(2)19(13-15)17(3)22-21(26)23-11-12-24(20(25)14-23)18-7-5-4-6-8-18/h9-10,13,17-18H,4-8,11-12,14H2,1-3H3,(H,22,26). The van der Waals surface area contributed by atoms with Gasteiger partial charge < -0.3 is 15.1 Å². The number of nitrogens with one attached hydrogen (secondary N) is 1. The van der Waals surface area contributed by atoms with Crippen LogP contribution in [-0.2, 0) is 4.79 Å². The van der Waals surface area contributed by atoms with Crippen molar-refractivity contribution in [2.75, 3.05) is 19.6 Å². The molecule has 1 aromatic carbocycles. The Morgan fingerprint density at radius 3 is 2.58 bits per heavy atom. The lowest BCUT2D eigenvalue weighted by atomic mass is 9.93. The van der Waals surface area contributed by atoms with Crippen LogP contribution in [0.25, 0.3) is 0 Å². The minimum atomic E-state index is -0.143. The fraction of sp³-hybridized carbons (Fsp3) is 0.619. The van der Waals surface area contributed by atoms with Gasteiger partial charge in [0.05, 0.1) is 6.04 Å². The Kier molecular flexibility index (Phi) is 5.84. The van der Waals surface area contributed by atoms with E-state index in [0.717, 1.165) is 18.4 Å². The Bertz CT molecular complexity index is 667. The second-order valence-corrected chi connectivity index (χ2v) is 7.83. The van der Waals surface area contributed by atoms with E-state index in [1.807, 2.05) is 11.8 Å². The maximum absolute atomic E-state index is 12.7. The highest BCUT2D eigenvalue weighted by Gasteiger charge is 2.32.